The second-order valence-corrected chi connectivity index (χ2v) is 3.82. The summed E-state index contributed by atoms with van der Waals surface area (Å²) in [5.74, 6) is 0.371. The molecule has 0 fully saturated rings. The zero-order chi connectivity index (χ0) is 9.42. The second-order valence-electron chi connectivity index (χ2n) is 2.91. The van der Waals surface area contributed by atoms with Gasteiger partial charge in [-0.15, -0.1) is 0 Å². The number of hydrogen-bond acceptors (Lipinski definition) is 2. The highest BCUT2D eigenvalue weighted by Crippen LogP contribution is 2.26. The van der Waals surface area contributed by atoms with Crippen molar-refractivity contribution in [1.82, 2.24) is 0 Å². The van der Waals surface area contributed by atoms with E-state index in [2.05, 4.69) is 15.9 Å². The summed E-state index contributed by atoms with van der Waals surface area (Å²) in [5, 5.41) is 0.953. The lowest BCUT2D eigenvalue weighted by Crippen LogP contribution is -1.73. The summed E-state index contributed by atoms with van der Waals surface area (Å²) in [6.45, 7) is 1.95. The molecule has 0 unspecified atom stereocenters. The van der Waals surface area contributed by atoms with E-state index in [9.17, 15) is 4.79 Å². The highest BCUT2D eigenvalue weighted by atomic mass is 79.9. The van der Waals surface area contributed by atoms with Crippen molar-refractivity contribution in [2.45, 2.75) is 6.92 Å². The van der Waals surface area contributed by atoms with Crippen LogP contribution in [0.2, 0.25) is 0 Å². The quantitative estimate of drug-likeness (QED) is 0.714. The van der Waals surface area contributed by atoms with Gasteiger partial charge in [0.05, 0.1) is 0 Å². The Morgan fingerprint density at radius 2 is 2.15 bits per heavy atom. The van der Waals surface area contributed by atoms with Crippen LogP contribution in [0.15, 0.2) is 27.1 Å². The van der Waals surface area contributed by atoms with Gasteiger partial charge in [0, 0.05) is 9.86 Å². The maximum atomic E-state index is 10.5. The summed E-state index contributed by atoms with van der Waals surface area (Å²) in [7, 11) is 0. The number of hydrogen-bond donors (Lipinski definition) is 0. The molecular weight excluding hydrogens is 232 g/mol. The molecular formula is C10H7BrO2. The smallest absolute Gasteiger partial charge is 0.185 e. The van der Waals surface area contributed by atoms with Crippen molar-refractivity contribution >= 4 is 33.2 Å². The third kappa shape index (κ3) is 1.40. The van der Waals surface area contributed by atoms with Crippen LogP contribution in [0.5, 0.6) is 0 Å². The molecule has 13 heavy (non-hydrogen) atoms. The Morgan fingerprint density at radius 1 is 1.38 bits per heavy atom. The highest BCUT2D eigenvalue weighted by Gasteiger charge is 2.05. The van der Waals surface area contributed by atoms with Gasteiger partial charge in [-0.25, -0.2) is 0 Å². The minimum atomic E-state index is 0.371. The first kappa shape index (κ1) is 8.51. The molecule has 2 rings (SSSR count). The predicted molar refractivity (Wildman–Crippen MR) is 54.0 cm³/mol. The topological polar surface area (TPSA) is 30.2 Å². The van der Waals surface area contributed by atoms with Crippen LogP contribution in [0, 0.1) is 6.92 Å². The molecule has 66 valence electrons. The van der Waals surface area contributed by atoms with Gasteiger partial charge in [0.2, 0.25) is 0 Å². The maximum absolute atomic E-state index is 10.5. The zero-order valence-electron chi connectivity index (χ0n) is 7.00. The third-order valence-corrected chi connectivity index (χ3v) is 2.36. The Balaban J connectivity index is 2.82. The van der Waals surface area contributed by atoms with E-state index >= 15 is 0 Å². The van der Waals surface area contributed by atoms with Crippen LogP contribution in [0.25, 0.3) is 11.0 Å². The molecule has 0 spiro atoms. The molecule has 0 radical (unpaired) electrons. The second kappa shape index (κ2) is 3.00. The van der Waals surface area contributed by atoms with Crippen molar-refractivity contribution in [3.8, 4) is 0 Å². The van der Waals surface area contributed by atoms with E-state index in [-0.39, 0.29) is 0 Å². The van der Waals surface area contributed by atoms with Crippen molar-refractivity contribution < 1.29 is 9.21 Å². The molecule has 2 nitrogen and oxygen atoms in total. The van der Waals surface area contributed by atoms with E-state index < -0.39 is 0 Å². The van der Waals surface area contributed by atoms with Gasteiger partial charge in [-0.3, -0.25) is 4.79 Å². The first-order chi connectivity index (χ1) is 6.20. The molecule has 1 aromatic heterocycles. The molecule has 0 N–H and O–H groups in total. The lowest BCUT2D eigenvalue weighted by molar-refractivity contribution is 0.110. The van der Waals surface area contributed by atoms with Gasteiger partial charge < -0.3 is 4.42 Å². The molecule has 2 aromatic rings. The molecule has 0 atom stereocenters. The number of halogens is 1. The van der Waals surface area contributed by atoms with E-state index in [1.54, 1.807) is 6.07 Å². The van der Waals surface area contributed by atoms with Gasteiger partial charge in [-0.2, -0.15) is 0 Å². The van der Waals surface area contributed by atoms with E-state index in [0.29, 0.717) is 12.0 Å². The number of aryl methyl sites for hydroxylation is 1. The molecule has 3 heteroatoms. The number of carbonyl (C=O) groups is 1. The predicted octanol–water partition coefficient (Wildman–Crippen LogP) is 3.32. The monoisotopic (exact) mass is 238 g/mol. The molecule has 0 saturated heterocycles. The normalized spacial score (nSPS) is 10.6. The average molecular weight is 239 g/mol. The number of aldehydes is 1. The summed E-state index contributed by atoms with van der Waals surface area (Å²) in [4.78, 5) is 10.5. The summed E-state index contributed by atoms with van der Waals surface area (Å²) in [5.41, 5.74) is 1.81. The maximum Gasteiger partial charge on any atom is 0.185 e. The Morgan fingerprint density at radius 3 is 2.85 bits per heavy atom. The van der Waals surface area contributed by atoms with E-state index in [1.807, 2.05) is 19.1 Å². The molecule has 1 heterocycles. The minimum Gasteiger partial charge on any atom is -0.453 e. The van der Waals surface area contributed by atoms with Crippen LogP contribution in [0.4, 0.5) is 0 Å². The Kier molecular flexibility index (Phi) is 1.96. The van der Waals surface area contributed by atoms with E-state index in [0.717, 1.165) is 21.0 Å². The molecule has 0 aliphatic rings. The molecule has 0 saturated carbocycles. The summed E-state index contributed by atoms with van der Waals surface area (Å²) >= 11 is 3.38. The van der Waals surface area contributed by atoms with Crippen molar-refractivity contribution in [3.63, 3.8) is 0 Å². The van der Waals surface area contributed by atoms with Gasteiger partial charge >= 0.3 is 0 Å². The fraction of sp³-hybridized carbons (Fsp3) is 0.100. The van der Waals surface area contributed by atoms with Gasteiger partial charge in [-0.1, -0.05) is 15.9 Å². The van der Waals surface area contributed by atoms with E-state index in [1.165, 1.54) is 0 Å². The molecule has 0 aliphatic heterocycles. The molecule has 0 amide bonds. The highest BCUT2D eigenvalue weighted by molar-refractivity contribution is 9.10. The van der Waals surface area contributed by atoms with Crippen molar-refractivity contribution in [3.05, 3.63) is 34.0 Å². The third-order valence-electron chi connectivity index (χ3n) is 1.90. The lowest BCUT2D eigenvalue weighted by Gasteiger charge is -1.94. The van der Waals surface area contributed by atoms with Crippen molar-refractivity contribution in [1.29, 1.82) is 0 Å². The summed E-state index contributed by atoms with van der Waals surface area (Å²) in [6.07, 6.45) is 0.716. The number of rotatable bonds is 1. The van der Waals surface area contributed by atoms with Crippen molar-refractivity contribution in [2.75, 3.05) is 0 Å². The largest absolute Gasteiger partial charge is 0.453 e. The number of carbonyl (C=O) groups excluding carboxylic acids is 1. The number of benzene rings is 1. The van der Waals surface area contributed by atoms with Crippen LogP contribution in [0.3, 0.4) is 0 Å². The van der Waals surface area contributed by atoms with E-state index in [4.69, 9.17) is 4.42 Å². The Labute approximate surface area is 83.7 Å². The standard InChI is InChI=1S/C10H7BrO2/c1-6-2-8(11)3-7-4-9(5-12)13-10(6)7/h2-5H,1H3. The first-order valence-electron chi connectivity index (χ1n) is 3.85. The number of fused-ring (bicyclic) bond motifs is 1. The van der Waals surface area contributed by atoms with Crippen LogP contribution >= 0.6 is 15.9 Å². The van der Waals surface area contributed by atoms with Gasteiger partial charge in [0.15, 0.2) is 12.0 Å². The average Bonchev–Trinajstić information content (AvgIpc) is 2.47. The first-order valence-corrected chi connectivity index (χ1v) is 4.65. The SMILES string of the molecule is Cc1cc(Br)cc2cc(C=O)oc12. The fourth-order valence-electron chi connectivity index (χ4n) is 1.36. The van der Waals surface area contributed by atoms with Crippen LogP contribution in [-0.4, -0.2) is 6.29 Å². The Hall–Kier alpha value is -1.09. The molecule has 0 aliphatic carbocycles. The van der Waals surface area contributed by atoms with Gasteiger partial charge in [-0.05, 0) is 30.7 Å². The minimum absolute atomic E-state index is 0.371. The Bertz CT molecular complexity index is 471. The fourth-order valence-corrected chi connectivity index (χ4v) is 1.95. The zero-order valence-corrected chi connectivity index (χ0v) is 8.59. The van der Waals surface area contributed by atoms with Crippen LogP contribution < -0.4 is 0 Å². The van der Waals surface area contributed by atoms with Gasteiger partial charge in [0.1, 0.15) is 5.58 Å². The number of furan rings is 1. The lowest BCUT2D eigenvalue weighted by atomic mass is 10.2. The summed E-state index contributed by atoms with van der Waals surface area (Å²) in [6, 6.07) is 5.62. The molecule has 1 aromatic carbocycles. The van der Waals surface area contributed by atoms with Gasteiger partial charge in [0.25, 0.3) is 0 Å². The van der Waals surface area contributed by atoms with Crippen LogP contribution in [0.1, 0.15) is 16.1 Å². The van der Waals surface area contributed by atoms with Crippen molar-refractivity contribution in [2.24, 2.45) is 0 Å². The molecule has 0 bridgehead atoms. The van der Waals surface area contributed by atoms with Crippen LogP contribution in [-0.2, 0) is 0 Å². The summed E-state index contributed by atoms with van der Waals surface area (Å²) < 4.78 is 6.31.